The van der Waals surface area contributed by atoms with Crippen molar-refractivity contribution >= 4 is 28.8 Å². The van der Waals surface area contributed by atoms with Crippen LogP contribution in [0.4, 0.5) is 24.5 Å². The van der Waals surface area contributed by atoms with Crippen LogP contribution in [0.15, 0.2) is 78.6 Å². The van der Waals surface area contributed by atoms with E-state index < -0.39 is 35.2 Å². The fourth-order valence-electron chi connectivity index (χ4n) is 3.85. The molecule has 1 atom stereocenters. The van der Waals surface area contributed by atoms with Gasteiger partial charge in [-0.2, -0.15) is 13.2 Å². The Morgan fingerprint density at radius 3 is 2.06 bits per heavy atom. The second kappa shape index (κ2) is 8.66. The molecule has 1 saturated heterocycles. The number of carbonyl (C=O) groups is 2. The van der Waals surface area contributed by atoms with Gasteiger partial charge in [-0.25, -0.2) is 0 Å². The van der Waals surface area contributed by atoms with E-state index in [1.54, 1.807) is 24.3 Å². The predicted octanol–water partition coefficient (Wildman–Crippen LogP) is 4.79. The SMILES string of the molecule is CN(C)c1ccc(C2/C(=C(\O)c3ccncc3)C(=O)C(=O)N2c2ccc(C(F)(F)F)cc2)cc1. The second-order valence-corrected chi connectivity index (χ2v) is 7.94. The number of ketones is 1. The Labute approximate surface area is 193 Å². The monoisotopic (exact) mass is 467 g/mol. The number of amides is 1. The largest absolute Gasteiger partial charge is 0.507 e. The highest BCUT2D eigenvalue weighted by atomic mass is 19.4. The number of rotatable bonds is 4. The molecule has 0 radical (unpaired) electrons. The van der Waals surface area contributed by atoms with Gasteiger partial charge in [0.1, 0.15) is 5.76 Å². The number of Topliss-reactive ketones (excluding diaryl/α,β-unsaturated/α-hetero) is 1. The van der Waals surface area contributed by atoms with Crippen LogP contribution in [0.25, 0.3) is 5.76 Å². The van der Waals surface area contributed by atoms with Crippen molar-refractivity contribution in [3.63, 3.8) is 0 Å². The minimum atomic E-state index is -4.55. The van der Waals surface area contributed by atoms with E-state index >= 15 is 0 Å². The number of hydrogen-bond acceptors (Lipinski definition) is 5. The number of aromatic nitrogens is 1. The van der Waals surface area contributed by atoms with Gasteiger partial charge in [0.15, 0.2) is 0 Å². The van der Waals surface area contributed by atoms with E-state index in [9.17, 15) is 27.9 Å². The molecule has 0 spiro atoms. The lowest BCUT2D eigenvalue weighted by atomic mass is 9.95. The summed E-state index contributed by atoms with van der Waals surface area (Å²) in [4.78, 5) is 33.0. The smallest absolute Gasteiger partial charge is 0.416 e. The van der Waals surface area contributed by atoms with E-state index in [0.29, 0.717) is 5.56 Å². The van der Waals surface area contributed by atoms with Gasteiger partial charge in [-0.15, -0.1) is 0 Å². The third-order valence-corrected chi connectivity index (χ3v) is 5.60. The Bertz CT molecular complexity index is 1250. The topological polar surface area (TPSA) is 73.7 Å². The van der Waals surface area contributed by atoms with Crippen LogP contribution in [0.2, 0.25) is 0 Å². The number of aliphatic hydroxyl groups excluding tert-OH is 1. The minimum absolute atomic E-state index is 0.102. The molecule has 1 aliphatic rings. The third kappa shape index (κ3) is 4.12. The Hall–Kier alpha value is -4.14. The summed E-state index contributed by atoms with van der Waals surface area (Å²) < 4.78 is 39.2. The Balaban J connectivity index is 1.89. The second-order valence-electron chi connectivity index (χ2n) is 7.94. The van der Waals surface area contributed by atoms with Gasteiger partial charge in [-0.3, -0.25) is 19.5 Å². The zero-order valence-corrected chi connectivity index (χ0v) is 18.2. The standard InChI is InChI=1S/C25H20F3N3O3/c1-30(2)18-7-3-15(4-8-18)21-20(22(32)16-11-13-29-14-12-16)23(33)24(34)31(21)19-9-5-17(6-10-19)25(26,27)28/h3-14,21,32H,1-2H3/b22-20+. The third-order valence-electron chi connectivity index (χ3n) is 5.60. The predicted molar refractivity (Wildman–Crippen MR) is 121 cm³/mol. The summed E-state index contributed by atoms with van der Waals surface area (Å²) in [5.74, 6) is -2.27. The van der Waals surface area contributed by atoms with Crippen molar-refractivity contribution in [3.8, 4) is 0 Å². The zero-order valence-electron chi connectivity index (χ0n) is 18.2. The fourth-order valence-corrected chi connectivity index (χ4v) is 3.85. The maximum Gasteiger partial charge on any atom is 0.416 e. The Morgan fingerprint density at radius 1 is 0.941 bits per heavy atom. The number of nitrogens with zero attached hydrogens (tertiary/aromatic N) is 3. The number of halogens is 3. The molecule has 0 aliphatic carbocycles. The van der Waals surface area contributed by atoms with Gasteiger partial charge in [-0.1, -0.05) is 12.1 Å². The molecule has 34 heavy (non-hydrogen) atoms. The van der Waals surface area contributed by atoms with Crippen LogP contribution < -0.4 is 9.80 Å². The summed E-state index contributed by atoms with van der Waals surface area (Å²) in [6.45, 7) is 0. The van der Waals surface area contributed by atoms with E-state index in [1.165, 1.54) is 24.5 Å². The highest BCUT2D eigenvalue weighted by Gasteiger charge is 2.47. The quantitative estimate of drug-likeness (QED) is 0.339. The first-order valence-electron chi connectivity index (χ1n) is 10.3. The number of aliphatic hydroxyl groups is 1. The number of hydrogen-bond donors (Lipinski definition) is 1. The lowest BCUT2D eigenvalue weighted by Crippen LogP contribution is -2.29. The van der Waals surface area contributed by atoms with Crippen LogP contribution in [-0.2, 0) is 15.8 Å². The van der Waals surface area contributed by atoms with E-state index in [-0.39, 0.29) is 16.8 Å². The molecule has 1 aromatic heterocycles. The van der Waals surface area contributed by atoms with Crippen LogP contribution in [-0.4, -0.2) is 35.9 Å². The summed E-state index contributed by atoms with van der Waals surface area (Å²) in [6.07, 6.45) is -1.68. The molecule has 0 bridgehead atoms. The maximum atomic E-state index is 13.1. The first kappa shape index (κ1) is 23.0. The van der Waals surface area contributed by atoms with Crippen molar-refractivity contribution in [3.05, 3.63) is 95.3 Å². The fraction of sp³-hybridized carbons (Fsp3) is 0.160. The normalized spacial score (nSPS) is 17.8. The highest BCUT2D eigenvalue weighted by Crippen LogP contribution is 2.43. The van der Waals surface area contributed by atoms with Gasteiger partial charge in [0.2, 0.25) is 0 Å². The number of alkyl halides is 3. The minimum Gasteiger partial charge on any atom is -0.507 e. The van der Waals surface area contributed by atoms with E-state index in [4.69, 9.17) is 0 Å². The zero-order chi connectivity index (χ0) is 24.6. The summed E-state index contributed by atoms with van der Waals surface area (Å²) in [7, 11) is 3.71. The molecular weight excluding hydrogens is 447 g/mol. The van der Waals surface area contributed by atoms with Crippen molar-refractivity contribution in [1.82, 2.24) is 4.98 Å². The molecule has 1 unspecified atom stereocenters. The number of anilines is 2. The molecule has 3 aromatic rings. The van der Waals surface area contributed by atoms with Crippen LogP contribution >= 0.6 is 0 Å². The van der Waals surface area contributed by atoms with Gasteiger partial charge >= 0.3 is 6.18 Å². The molecule has 1 fully saturated rings. The average molecular weight is 467 g/mol. The first-order valence-corrected chi connectivity index (χ1v) is 10.3. The van der Waals surface area contributed by atoms with Crippen molar-refractivity contribution in [2.75, 3.05) is 23.9 Å². The molecule has 9 heteroatoms. The average Bonchev–Trinajstić information content (AvgIpc) is 3.09. The van der Waals surface area contributed by atoms with Crippen LogP contribution in [0.3, 0.4) is 0 Å². The molecule has 1 N–H and O–H groups in total. The van der Waals surface area contributed by atoms with E-state index in [1.807, 2.05) is 19.0 Å². The maximum absolute atomic E-state index is 13.1. The molecule has 1 aliphatic heterocycles. The van der Waals surface area contributed by atoms with Gasteiger partial charge in [-0.05, 0) is 54.1 Å². The van der Waals surface area contributed by atoms with Crippen molar-refractivity contribution in [2.45, 2.75) is 12.2 Å². The first-order chi connectivity index (χ1) is 16.1. The summed E-state index contributed by atoms with van der Waals surface area (Å²) in [5, 5.41) is 11.0. The number of carbonyl (C=O) groups excluding carboxylic acids is 2. The molecular formula is C25H20F3N3O3. The number of benzene rings is 2. The van der Waals surface area contributed by atoms with E-state index in [0.717, 1.165) is 34.9 Å². The number of pyridine rings is 1. The van der Waals surface area contributed by atoms with E-state index in [2.05, 4.69) is 4.98 Å². The lowest BCUT2D eigenvalue weighted by molar-refractivity contribution is -0.137. The Morgan fingerprint density at radius 2 is 1.53 bits per heavy atom. The summed E-state index contributed by atoms with van der Waals surface area (Å²) in [5.41, 5.74) is 0.732. The molecule has 1 amide bonds. The molecule has 6 nitrogen and oxygen atoms in total. The van der Waals surface area contributed by atoms with Gasteiger partial charge < -0.3 is 10.0 Å². The Kier molecular flexibility index (Phi) is 5.87. The molecule has 2 aromatic carbocycles. The van der Waals surface area contributed by atoms with Gasteiger partial charge in [0.05, 0.1) is 17.2 Å². The van der Waals surface area contributed by atoms with Crippen LogP contribution in [0, 0.1) is 0 Å². The summed E-state index contributed by atoms with van der Waals surface area (Å²) in [6, 6.07) is 12.9. The van der Waals surface area contributed by atoms with Crippen LogP contribution in [0.1, 0.15) is 22.7 Å². The highest BCUT2D eigenvalue weighted by molar-refractivity contribution is 6.51. The molecule has 174 valence electrons. The molecule has 2 heterocycles. The van der Waals surface area contributed by atoms with Crippen molar-refractivity contribution in [1.29, 1.82) is 0 Å². The van der Waals surface area contributed by atoms with Crippen molar-refractivity contribution in [2.24, 2.45) is 0 Å². The molecule has 4 rings (SSSR count). The van der Waals surface area contributed by atoms with Crippen molar-refractivity contribution < 1.29 is 27.9 Å². The molecule has 0 saturated carbocycles. The van der Waals surface area contributed by atoms with Crippen LogP contribution in [0.5, 0.6) is 0 Å². The van der Waals surface area contributed by atoms with Gasteiger partial charge in [0.25, 0.3) is 11.7 Å². The summed E-state index contributed by atoms with van der Waals surface area (Å²) >= 11 is 0. The van der Waals surface area contributed by atoms with Gasteiger partial charge in [0, 0.05) is 43.4 Å². The lowest BCUT2D eigenvalue weighted by Gasteiger charge is -2.26.